The molecule has 0 aromatic rings. The third-order valence-electron chi connectivity index (χ3n) is 17.0. The number of hydrogen-bond acceptors (Lipinski definition) is 17. The molecule has 8 rings (SSSR count). The quantitative estimate of drug-likeness (QED) is 0.154. The van der Waals surface area contributed by atoms with E-state index >= 15 is 0 Å². The Balaban J connectivity index is 0.880. The van der Waals surface area contributed by atoms with E-state index < -0.39 is 103 Å². The van der Waals surface area contributed by atoms with Crippen LogP contribution in [0.15, 0.2) is 11.6 Å². The molecule has 0 radical (unpaired) electrons. The largest absolute Gasteiger partial charge is 0.459 e. The zero-order valence-electron chi connectivity index (χ0n) is 40.1. The minimum absolute atomic E-state index is 0.0508. The Labute approximate surface area is 387 Å². The van der Waals surface area contributed by atoms with Crippen molar-refractivity contribution in [1.82, 2.24) is 0 Å². The first-order chi connectivity index (χ1) is 31.2. The van der Waals surface area contributed by atoms with Crippen molar-refractivity contribution in [2.45, 2.75) is 225 Å². The molecule has 17 heteroatoms. The molecule has 4 aliphatic heterocycles. The summed E-state index contributed by atoms with van der Waals surface area (Å²) in [5.74, 6) is -1.17. The summed E-state index contributed by atoms with van der Waals surface area (Å²) in [6.07, 6.45) is 1.07. The molecule has 8 aliphatic rings. The summed E-state index contributed by atoms with van der Waals surface area (Å²) >= 11 is 0. The number of esters is 5. The Morgan fingerprint density at radius 2 is 1.12 bits per heavy atom. The van der Waals surface area contributed by atoms with Crippen LogP contribution in [-0.4, -0.2) is 127 Å². The van der Waals surface area contributed by atoms with Gasteiger partial charge in [-0.3, -0.25) is 19.2 Å². The Hall–Kier alpha value is -3.19. The van der Waals surface area contributed by atoms with Crippen LogP contribution in [0.2, 0.25) is 0 Å². The van der Waals surface area contributed by atoms with Crippen molar-refractivity contribution in [3.63, 3.8) is 0 Å². The first kappa shape index (κ1) is 49.2. The van der Waals surface area contributed by atoms with Gasteiger partial charge in [-0.05, 0) is 113 Å². The number of cyclic esters (lactones) is 1. The number of fused-ring (bicyclic) bond motifs is 5. The molecule has 4 aliphatic carbocycles. The van der Waals surface area contributed by atoms with Crippen LogP contribution in [0.25, 0.3) is 0 Å². The number of ether oxygens (including phenoxy) is 11. The van der Waals surface area contributed by atoms with Gasteiger partial charge in [-0.2, -0.15) is 0 Å². The van der Waals surface area contributed by atoms with Crippen LogP contribution >= 0.6 is 0 Å². The molecule has 17 nitrogen and oxygen atoms in total. The van der Waals surface area contributed by atoms with Crippen molar-refractivity contribution < 1.29 is 81.2 Å². The predicted octanol–water partition coefficient (Wildman–Crippen LogP) is 5.53. The van der Waals surface area contributed by atoms with E-state index in [2.05, 4.69) is 13.8 Å². The molecule has 3 saturated heterocycles. The second kappa shape index (κ2) is 19.3. The van der Waals surface area contributed by atoms with Crippen LogP contribution in [0.5, 0.6) is 0 Å². The van der Waals surface area contributed by atoms with Crippen LogP contribution in [0.4, 0.5) is 0 Å². The Morgan fingerprint density at radius 1 is 0.606 bits per heavy atom. The molecule has 66 heavy (non-hydrogen) atoms. The van der Waals surface area contributed by atoms with Gasteiger partial charge in [0.05, 0.1) is 30.0 Å². The highest BCUT2D eigenvalue weighted by Crippen LogP contribution is 2.70. The number of carbonyl (C=O) groups is 5. The molecular weight excluding hydrogens is 861 g/mol. The summed E-state index contributed by atoms with van der Waals surface area (Å²) in [5.41, 5.74) is 0.0550. The molecule has 20 atom stereocenters. The molecule has 0 aromatic heterocycles. The zero-order chi connectivity index (χ0) is 47.5. The van der Waals surface area contributed by atoms with Gasteiger partial charge in [-0.1, -0.05) is 13.8 Å². The zero-order valence-corrected chi connectivity index (χ0v) is 40.1. The van der Waals surface area contributed by atoms with E-state index in [1.807, 2.05) is 6.92 Å². The van der Waals surface area contributed by atoms with Crippen molar-refractivity contribution in [3.05, 3.63) is 11.6 Å². The molecule has 1 N–H and O–H groups in total. The molecular formula is C49H72O17. The fourth-order valence-corrected chi connectivity index (χ4v) is 14.1. The van der Waals surface area contributed by atoms with Gasteiger partial charge >= 0.3 is 29.8 Å². The van der Waals surface area contributed by atoms with Gasteiger partial charge in [-0.25, -0.2) is 4.79 Å². The number of rotatable bonds is 11. The predicted molar refractivity (Wildman–Crippen MR) is 229 cm³/mol. The summed E-state index contributed by atoms with van der Waals surface area (Å²) < 4.78 is 66.5. The van der Waals surface area contributed by atoms with Gasteiger partial charge in [-0.15, -0.1) is 0 Å². The lowest BCUT2D eigenvalue weighted by atomic mass is 9.43. The second-order valence-corrected chi connectivity index (χ2v) is 21.1. The van der Waals surface area contributed by atoms with E-state index in [9.17, 15) is 29.1 Å². The lowest BCUT2D eigenvalue weighted by Gasteiger charge is -2.64. The molecule has 7 fully saturated rings. The van der Waals surface area contributed by atoms with E-state index in [1.54, 1.807) is 19.9 Å². The Kier molecular flexibility index (Phi) is 14.4. The molecule has 4 heterocycles. The van der Waals surface area contributed by atoms with Crippen molar-refractivity contribution in [2.75, 3.05) is 6.61 Å². The van der Waals surface area contributed by atoms with Crippen LogP contribution in [0, 0.1) is 34.5 Å². The highest BCUT2D eigenvalue weighted by molar-refractivity contribution is 5.85. The molecule has 0 spiro atoms. The van der Waals surface area contributed by atoms with E-state index in [0.29, 0.717) is 18.4 Å². The Morgan fingerprint density at radius 3 is 1.64 bits per heavy atom. The maximum Gasteiger partial charge on any atom is 0.331 e. The molecule has 0 unspecified atom stereocenters. The molecule has 0 amide bonds. The standard InChI is InChI=1S/C49H72O17/c1-24-44(63-30(7)53)37(60-27(4)50)21-42(58-24)65-46-26(3)59-43(22-39(46)62-29(6)52)66-45-25(2)57-41(20-38(45)61-28(5)51)64-33-12-15-47(8)32(19-33)10-11-36-35(47)13-16-48(9)34(14-17-49(36,48)55)31-18-40(54)56-23-31/h18,24-26,32-39,41-46,55H,10-17,19-23H2,1-9H3/t24-,25-,26-,32-,33+,34-,35+,36-,37+,38+,39+,41+,42+,43+,44-,45-,46-,47+,48-,49+/m1/s1. The first-order valence-corrected chi connectivity index (χ1v) is 24.4. The van der Waals surface area contributed by atoms with Gasteiger partial charge in [0, 0.05) is 58.4 Å². The fourth-order valence-electron chi connectivity index (χ4n) is 14.1. The lowest BCUT2D eigenvalue weighted by molar-refractivity contribution is -0.337. The third-order valence-corrected chi connectivity index (χ3v) is 17.0. The van der Waals surface area contributed by atoms with E-state index in [0.717, 1.165) is 63.4 Å². The topological polar surface area (TPSA) is 207 Å². The summed E-state index contributed by atoms with van der Waals surface area (Å²) in [4.78, 5) is 60.8. The SMILES string of the molecule is CC(=O)O[C@H]1[C@@H](OC(C)=O)C[C@H](O[C@H]2[C@@H](OC(C)=O)C[C@H](O[C@H]3[C@@H](OC(C)=O)C[C@H](O[C@H]4CC[C@@]5(C)[C@H](CC[C@@H]6[C@@H]5CC[C@]5(C)[C@@H](C7=CC(=O)OC7)CC[C@]65O)C4)O[C@@H]3C)O[C@@H]2C)O[C@@H]1C. The van der Waals surface area contributed by atoms with Crippen molar-refractivity contribution in [2.24, 2.45) is 34.5 Å². The van der Waals surface area contributed by atoms with E-state index in [-0.39, 0.29) is 54.0 Å². The smallest absolute Gasteiger partial charge is 0.331 e. The van der Waals surface area contributed by atoms with Gasteiger partial charge in [0.15, 0.2) is 25.0 Å². The highest BCUT2D eigenvalue weighted by atomic mass is 16.8. The average Bonchev–Trinajstić information content (AvgIpc) is 3.77. The van der Waals surface area contributed by atoms with Crippen LogP contribution in [-0.2, 0) is 76.1 Å². The summed E-state index contributed by atoms with van der Waals surface area (Å²) in [5, 5.41) is 12.7. The summed E-state index contributed by atoms with van der Waals surface area (Å²) in [6, 6.07) is 0. The molecule has 370 valence electrons. The summed E-state index contributed by atoms with van der Waals surface area (Å²) in [7, 11) is 0. The second-order valence-electron chi connectivity index (χ2n) is 21.1. The van der Waals surface area contributed by atoms with Crippen LogP contribution in [0.1, 0.15) is 139 Å². The van der Waals surface area contributed by atoms with Gasteiger partial charge < -0.3 is 57.2 Å². The van der Waals surface area contributed by atoms with Crippen molar-refractivity contribution >= 4 is 29.8 Å². The fraction of sp³-hybridized carbons (Fsp3) is 0.857. The van der Waals surface area contributed by atoms with Crippen LogP contribution < -0.4 is 0 Å². The first-order valence-electron chi connectivity index (χ1n) is 24.4. The van der Waals surface area contributed by atoms with Gasteiger partial charge in [0.2, 0.25) is 0 Å². The van der Waals surface area contributed by atoms with E-state index in [1.165, 1.54) is 27.7 Å². The van der Waals surface area contributed by atoms with Gasteiger partial charge in [0.1, 0.15) is 37.1 Å². The maximum absolute atomic E-state index is 12.7. The maximum atomic E-state index is 12.7. The Bertz CT molecular complexity index is 1870. The van der Waals surface area contributed by atoms with Gasteiger partial charge in [0.25, 0.3) is 0 Å². The molecule has 0 aromatic carbocycles. The highest BCUT2D eigenvalue weighted by Gasteiger charge is 2.68. The third kappa shape index (κ3) is 9.69. The lowest BCUT2D eigenvalue weighted by Crippen LogP contribution is -2.62. The number of aliphatic hydroxyl groups is 1. The minimum atomic E-state index is -0.922. The summed E-state index contributed by atoms with van der Waals surface area (Å²) in [6.45, 7) is 15.5. The normalized spacial score (nSPS) is 46.7. The monoisotopic (exact) mass is 932 g/mol. The van der Waals surface area contributed by atoms with Crippen molar-refractivity contribution in [1.29, 1.82) is 0 Å². The molecule has 4 saturated carbocycles. The number of hydrogen-bond donors (Lipinski definition) is 1. The number of carbonyl (C=O) groups excluding carboxylic acids is 5. The van der Waals surface area contributed by atoms with E-state index in [4.69, 9.17) is 52.1 Å². The molecule has 0 bridgehead atoms. The van der Waals surface area contributed by atoms with Crippen LogP contribution in [0.3, 0.4) is 0 Å². The average molecular weight is 933 g/mol. The minimum Gasteiger partial charge on any atom is -0.459 e. The van der Waals surface area contributed by atoms with Crippen molar-refractivity contribution in [3.8, 4) is 0 Å².